The highest BCUT2D eigenvalue weighted by atomic mass is 35.5. The molecule has 0 saturated carbocycles. The molecule has 0 bridgehead atoms. The zero-order valence-corrected chi connectivity index (χ0v) is 15.4. The molecular formula is C15H9ClF3N5O3S. The Morgan fingerprint density at radius 2 is 1.79 bits per heavy atom. The lowest BCUT2D eigenvalue weighted by Crippen LogP contribution is -2.07. The summed E-state index contributed by atoms with van der Waals surface area (Å²) in [5.74, 6) is -3.28. The highest BCUT2D eigenvalue weighted by molar-refractivity contribution is 7.93. The van der Waals surface area contributed by atoms with E-state index in [9.17, 15) is 22.2 Å². The summed E-state index contributed by atoms with van der Waals surface area (Å²) in [5, 5.41) is 3.61. The van der Waals surface area contributed by atoms with E-state index in [-0.39, 0.29) is 10.5 Å². The first-order valence-corrected chi connectivity index (χ1v) is 9.62. The van der Waals surface area contributed by atoms with Crippen molar-refractivity contribution < 1.29 is 26.7 Å². The first kappa shape index (κ1) is 19.9. The molecule has 3 rings (SSSR count). The second-order valence-corrected chi connectivity index (χ2v) is 8.06. The molecule has 28 heavy (non-hydrogen) atoms. The predicted octanol–water partition coefficient (Wildman–Crippen LogP) is 3.50. The summed E-state index contributed by atoms with van der Waals surface area (Å²) in [5.41, 5.74) is -0.00858. The van der Waals surface area contributed by atoms with Gasteiger partial charge in [-0.1, -0.05) is 16.8 Å². The van der Waals surface area contributed by atoms with Gasteiger partial charge in [0, 0.05) is 28.6 Å². The maximum Gasteiger partial charge on any atom is 0.471 e. The first-order chi connectivity index (χ1) is 13.1. The molecule has 1 unspecified atom stereocenters. The van der Waals surface area contributed by atoms with Crippen LogP contribution >= 0.6 is 11.6 Å². The lowest BCUT2D eigenvalue weighted by Gasteiger charge is -2.03. The van der Waals surface area contributed by atoms with Crippen LogP contribution in [0.4, 0.5) is 13.2 Å². The number of rotatable bonds is 3. The third-order valence-electron chi connectivity index (χ3n) is 3.28. The molecule has 1 aromatic carbocycles. The van der Waals surface area contributed by atoms with Gasteiger partial charge in [-0.15, -0.1) is 0 Å². The summed E-state index contributed by atoms with van der Waals surface area (Å²) in [6, 6.07) is 5.96. The van der Waals surface area contributed by atoms with Gasteiger partial charge >= 0.3 is 18.0 Å². The van der Waals surface area contributed by atoms with Crippen LogP contribution in [0, 0.1) is 0 Å². The summed E-state index contributed by atoms with van der Waals surface area (Å²) in [6.45, 7) is 0. The van der Waals surface area contributed by atoms with Gasteiger partial charge in [0.1, 0.15) is 0 Å². The quantitative estimate of drug-likeness (QED) is 0.623. The molecule has 0 fully saturated rings. The third-order valence-corrected chi connectivity index (χ3v) is 5.19. The molecule has 146 valence electrons. The average Bonchev–Trinajstić information content (AvgIpc) is 3.12. The van der Waals surface area contributed by atoms with Crippen LogP contribution in [0.25, 0.3) is 11.4 Å². The van der Waals surface area contributed by atoms with Gasteiger partial charge < -0.3 is 4.52 Å². The zero-order chi connectivity index (χ0) is 20.5. The average molecular weight is 432 g/mol. The molecule has 2 aromatic heterocycles. The van der Waals surface area contributed by atoms with Gasteiger partial charge in [0.05, 0.1) is 15.3 Å². The second kappa shape index (κ2) is 7.28. The first-order valence-electron chi connectivity index (χ1n) is 7.32. The number of hydrogen-bond acceptors (Lipinski definition) is 7. The van der Waals surface area contributed by atoms with E-state index in [4.69, 9.17) is 11.6 Å². The fraction of sp³-hybridized carbons (Fsp3) is 0.133. The fourth-order valence-electron chi connectivity index (χ4n) is 1.95. The van der Waals surface area contributed by atoms with E-state index in [0.29, 0.717) is 5.02 Å². The van der Waals surface area contributed by atoms with Gasteiger partial charge in [0.2, 0.25) is 11.6 Å². The van der Waals surface area contributed by atoms with E-state index in [1.54, 1.807) is 0 Å². The number of carbonyl (C=O) groups excluding carboxylic acids is 1. The number of amides is 1. The molecule has 1 atom stereocenters. The summed E-state index contributed by atoms with van der Waals surface area (Å²) in [6.07, 6.45) is -1.47. The van der Waals surface area contributed by atoms with Gasteiger partial charge in [0.25, 0.3) is 0 Å². The van der Waals surface area contributed by atoms with Gasteiger partial charge in [-0.3, -0.25) is 4.79 Å². The van der Waals surface area contributed by atoms with Gasteiger partial charge in [-0.25, -0.2) is 14.2 Å². The molecule has 1 amide bonds. The minimum absolute atomic E-state index is 0.00858. The fourth-order valence-corrected chi connectivity index (χ4v) is 3.22. The second-order valence-electron chi connectivity index (χ2n) is 5.37. The van der Waals surface area contributed by atoms with Crippen molar-refractivity contribution in [3.63, 3.8) is 0 Å². The minimum atomic E-state index is -4.79. The number of benzene rings is 1. The third kappa shape index (κ3) is 4.34. The normalized spacial score (nSPS) is 13.8. The SMILES string of the molecule is CS(=O)(=NC(=O)c1ncc(-c2noc(C(F)(F)F)n2)cn1)c1ccc(Cl)cc1. The van der Waals surface area contributed by atoms with Crippen molar-refractivity contribution in [1.82, 2.24) is 20.1 Å². The number of alkyl halides is 3. The number of nitrogens with zero attached hydrogens (tertiary/aromatic N) is 5. The van der Waals surface area contributed by atoms with Crippen LogP contribution in [-0.4, -0.2) is 36.5 Å². The smallest absolute Gasteiger partial charge is 0.329 e. The standard InChI is InChI=1S/C15H9ClF3N5O3S/c1-28(26,10-4-2-9(16)3-5-10)24-13(25)12-20-6-8(7-21-12)11-22-14(27-23-11)15(17,18)19/h2-7H,1H3. The number of hydrogen-bond donors (Lipinski definition) is 0. The molecule has 0 N–H and O–H groups in total. The molecule has 13 heteroatoms. The number of aromatic nitrogens is 4. The van der Waals surface area contributed by atoms with E-state index in [1.807, 2.05) is 0 Å². The van der Waals surface area contributed by atoms with Crippen molar-refractivity contribution in [2.45, 2.75) is 11.1 Å². The van der Waals surface area contributed by atoms with Crippen LogP contribution in [-0.2, 0) is 15.9 Å². The lowest BCUT2D eigenvalue weighted by atomic mass is 10.3. The van der Waals surface area contributed by atoms with Crippen molar-refractivity contribution >= 4 is 27.2 Å². The van der Waals surface area contributed by atoms with Crippen LogP contribution < -0.4 is 0 Å². The molecule has 0 saturated heterocycles. The molecule has 0 aliphatic heterocycles. The van der Waals surface area contributed by atoms with Crippen molar-refractivity contribution in [3.8, 4) is 11.4 Å². The molecule has 3 aromatic rings. The van der Waals surface area contributed by atoms with Crippen LogP contribution in [0.15, 0.2) is 50.4 Å². The van der Waals surface area contributed by atoms with Crippen LogP contribution in [0.3, 0.4) is 0 Å². The molecule has 0 aliphatic carbocycles. The topological polar surface area (TPSA) is 111 Å². The van der Waals surface area contributed by atoms with E-state index in [2.05, 4.69) is 29.0 Å². The van der Waals surface area contributed by atoms with Crippen LogP contribution in [0.5, 0.6) is 0 Å². The summed E-state index contributed by atoms with van der Waals surface area (Å²) in [7, 11) is -3.08. The predicted molar refractivity (Wildman–Crippen MR) is 90.9 cm³/mol. The van der Waals surface area contributed by atoms with E-state index in [1.165, 1.54) is 30.5 Å². The van der Waals surface area contributed by atoms with E-state index >= 15 is 0 Å². The van der Waals surface area contributed by atoms with Crippen LogP contribution in [0.1, 0.15) is 16.5 Å². The van der Waals surface area contributed by atoms with E-state index in [0.717, 1.165) is 12.4 Å². The summed E-state index contributed by atoms with van der Waals surface area (Å²) in [4.78, 5) is 23.1. The van der Waals surface area contributed by atoms with Gasteiger partial charge in [0.15, 0.2) is 0 Å². The van der Waals surface area contributed by atoms with Crippen molar-refractivity contribution in [2.75, 3.05) is 6.26 Å². The Kier molecular flexibility index (Phi) is 5.17. The Labute approximate surface area is 161 Å². The summed E-state index contributed by atoms with van der Waals surface area (Å²) < 4.78 is 57.9. The van der Waals surface area contributed by atoms with E-state index < -0.39 is 39.4 Å². The van der Waals surface area contributed by atoms with Crippen molar-refractivity contribution in [1.29, 1.82) is 0 Å². The molecule has 0 radical (unpaired) electrons. The Hall–Kier alpha value is -2.86. The lowest BCUT2D eigenvalue weighted by molar-refractivity contribution is -0.159. The zero-order valence-electron chi connectivity index (χ0n) is 13.8. The van der Waals surface area contributed by atoms with Crippen LogP contribution in [0.2, 0.25) is 5.02 Å². The number of halogens is 4. The van der Waals surface area contributed by atoms with Gasteiger partial charge in [-0.05, 0) is 24.3 Å². The van der Waals surface area contributed by atoms with Gasteiger partial charge in [-0.2, -0.15) is 22.5 Å². The largest absolute Gasteiger partial charge is 0.471 e. The Bertz CT molecular complexity index is 1140. The molecule has 0 spiro atoms. The molecule has 2 heterocycles. The number of carbonyl (C=O) groups is 1. The Morgan fingerprint density at radius 3 is 2.32 bits per heavy atom. The molecule has 0 aliphatic rings. The molecular weight excluding hydrogens is 423 g/mol. The minimum Gasteiger partial charge on any atom is -0.329 e. The maximum atomic E-state index is 12.6. The Balaban J connectivity index is 1.85. The Morgan fingerprint density at radius 1 is 1.18 bits per heavy atom. The summed E-state index contributed by atoms with van der Waals surface area (Å²) >= 11 is 5.77. The highest BCUT2D eigenvalue weighted by Gasteiger charge is 2.38. The highest BCUT2D eigenvalue weighted by Crippen LogP contribution is 2.29. The maximum absolute atomic E-state index is 12.6. The van der Waals surface area contributed by atoms with Crippen molar-refractivity contribution in [2.24, 2.45) is 4.36 Å². The monoisotopic (exact) mass is 431 g/mol. The van der Waals surface area contributed by atoms with Crippen molar-refractivity contribution in [3.05, 3.63) is 53.4 Å². The molecule has 8 nitrogen and oxygen atoms in total.